The highest BCUT2D eigenvalue weighted by Gasteiger charge is 2.28. The number of anilines is 1. The van der Waals surface area contributed by atoms with Gasteiger partial charge in [0.05, 0.1) is 0 Å². The molecule has 5 heteroatoms. The molecule has 0 spiro atoms. The van der Waals surface area contributed by atoms with Crippen LogP contribution in [0.3, 0.4) is 0 Å². The molecule has 0 fully saturated rings. The summed E-state index contributed by atoms with van der Waals surface area (Å²) >= 11 is 0. The van der Waals surface area contributed by atoms with Gasteiger partial charge in [-0.05, 0) is 24.5 Å². The molecular formula is C18H28N2O3. The van der Waals surface area contributed by atoms with Crippen molar-refractivity contribution in [3.05, 3.63) is 29.8 Å². The summed E-state index contributed by atoms with van der Waals surface area (Å²) in [7, 11) is 3.76. The number of rotatable bonds is 7. The lowest BCUT2D eigenvalue weighted by molar-refractivity contribution is -0.139. The van der Waals surface area contributed by atoms with Gasteiger partial charge < -0.3 is 19.3 Å². The van der Waals surface area contributed by atoms with Crippen LogP contribution in [0.4, 0.5) is 5.69 Å². The van der Waals surface area contributed by atoms with Gasteiger partial charge in [0.2, 0.25) is 5.91 Å². The zero-order chi connectivity index (χ0) is 16.7. The first-order chi connectivity index (χ1) is 11.2. The van der Waals surface area contributed by atoms with Crippen molar-refractivity contribution in [3.63, 3.8) is 0 Å². The van der Waals surface area contributed by atoms with E-state index in [1.807, 2.05) is 17.0 Å². The number of carbonyl (C=O) groups excluding carboxylic acids is 1. The maximum Gasteiger partial charge on any atom is 0.249 e. The summed E-state index contributed by atoms with van der Waals surface area (Å²) in [4.78, 5) is 16.8. The van der Waals surface area contributed by atoms with Crippen LogP contribution in [0.25, 0.3) is 0 Å². The lowest BCUT2D eigenvalue weighted by atomic mass is 10.1. The number of methoxy groups -OCH3 is 1. The molecule has 0 aliphatic carbocycles. The third kappa shape index (κ3) is 4.69. The Hall–Kier alpha value is -1.59. The molecule has 0 saturated heterocycles. The number of nitrogens with zero attached hydrogens (tertiary/aromatic N) is 2. The fourth-order valence-corrected chi connectivity index (χ4v) is 3.03. The lowest BCUT2D eigenvalue weighted by Crippen LogP contribution is -2.45. The van der Waals surface area contributed by atoms with E-state index in [2.05, 4.69) is 31.0 Å². The Balaban J connectivity index is 2.02. The van der Waals surface area contributed by atoms with Crippen molar-refractivity contribution in [1.82, 2.24) is 4.90 Å². The molecule has 2 rings (SSSR count). The Morgan fingerprint density at radius 3 is 2.83 bits per heavy atom. The summed E-state index contributed by atoms with van der Waals surface area (Å²) in [6.45, 7) is 5.00. The van der Waals surface area contributed by atoms with Crippen LogP contribution >= 0.6 is 0 Å². The Morgan fingerprint density at radius 1 is 1.30 bits per heavy atom. The van der Waals surface area contributed by atoms with E-state index in [1.165, 1.54) is 11.3 Å². The molecular weight excluding hydrogens is 292 g/mol. The second kappa shape index (κ2) is 8.89. The van der Waals surface area contributed by atoms with Gasteiger partial charge in [-0.1, -0.05) is 25.1 Å². The number of hydrogen-bond acceptors (Lipinski definition) is 4. The highest BCUT2D eigenvalue weighted by Crippen LogP contribution is 2.27. The molecule has 5 nitrogen and oxygen atoms in total. The molecule has 0 bridgehead atoms. The van der Waals surface area contributed by atoms with Crippen LogP contribution in [0.2, 0.25) is 0 Å². The molecule has 23 heavy (non-hydrogen) atoms. The van der Waals surface area contributed by atoms with Gasteiger partial charge >= 0.3 is 0 Å². The maximum absolute atomic E-state index is 12.6. The molecule has 1 aromatic carbocycles. The van der Waals surface area contributed by atoms with Crippen LogP contribution in [0, 0.1) is 0 Å². The molecule has 1 amide bonds. The third-order valence-electron chi connectivity index (χ3n) is 4.32. The van der Waals surface area contributed by atoms with Crippen LogP contribution in [0.15, 0.2) is 24.3 Å². The summed E-state index contributed by atoms with van der Waals surface area (Å²) in [6.07, 6.45) is 1.75. The molecule has 1 heterocycles. The van der Waals surface area contributed by atoms with Crippen molar-refractivity contribution in [1.29, 1.82) is 0 Å². The minimum absolute atomic E-state index is 0.0689. The van der Waals surface area contributed by atoms with Crippen LogP contribution in [-0.4, -0.2) is 57.4 Å². The first-order valence-electron chi connectivity index (χ1n) is 8.32. The largest absolute Gasteiger partial charge is 0.385 e. The number of amides is 1. The SMILES string of the molecule is CC[C@@H]1CN(C)c2ccccc2CN1C(=O)COCCCOC. The first kappa shape index (κ1) is 17.8. The molecule has 0 N–H and O–H groups in total. The monoisotopic (exact) mass is 320 g/mol. The van der Waals surface area contributed by atoms with E-state index in [9.17, 15) is 4.79 Å². The molecule has 0 unspecified atom stereocenters. The number of benzene rings is 1. The van der Waals surface area contributed by atoms with Gasteiger partial charge in [0, 0.05) is 52.2 Å². The summed E-state index contributed by atoms with van der Waals surface area (Å²) in [5.41, 5.74) is 2.40. The normalized spacial score (nSPS) is 17.8. The van der Waals surface area contributed by atoms with Crippen LogP contribution in [0.5, 0.6) is 0 Å². The fraction of sp³-hybridized carbons (Fsp3) is 0.611. The predicted octanol–water partition coefficient (Wildman–Crippen LogP) is 2.30. The molecule has 1 atom stereocenters. The standard InChI is InChI=1S/C18H28N2O3/c1-4-16-13-19(2)17-9-6-5-8-15(17)12-20(16)18(21)14-23-11-7-10-22-3/h5-6,8-9,16H,4,7,10-14H2,1-3H3/t16-/m1/s1. The summed E-state index contributed by atoms with van der Waals surface area (Å²) < 4.78 is 10.5. The zero-order valence-electron chi connectivity index (χ0n) is 14.5. The Labute approximate surface area is 139 Å². The van der Waals surface area contributed by atoms with Crippen molar-refractivity contribution < 1.29 is 14.3 Å². The summed E-state index contributed by atoms with van der Waals surface area (Å²) in [5.74, 6) is 0.0689. The first-order valence-corrected chi connectivity index (χ1v) is 8.32. The molecule has 1 aromatic rings. The topological polar surface area (TPSA) is 42.0 Å². The zero-order valence-corrected chi connectivity index (χ0v) is 14.5. The Bertz CT molecular complexity index is 507. The van der Waals surface area contributed by atoms with E-state index < -0.39 is 0 Å². The predicted molar refractivity (Wildman–Crippen MR) is 91.7 cm³/mol. The summed E-state index contributed by atoms with van der Waals surface area (Å²) in [6, 6.07) is 8.51. The number of fused-ring (bicyclic) bond motifs is 1. The average Bonchev–Trinajstić information content (AvgIpc) is 2.71. The van der Waals surface area contributed by atoms with Crippen LogP contribution < -0.4 is 4.90 Å². The average molecular weight is 320 g/mol. The summed E-state index contributed by atoms with van der Waals surface area (Å²) in [5, 5.41) is 0. The van der Waals surface area contributed by atoms with E-state index in [-0.39, 0.29) is 18.6 Å². The van der Waals surface area contributed by atoms with E-state index in [1.54, 1.807) is 7.11 Å². The van der Waals surface area contributed by atoms with Crippen molar-refractivity contribution in [2.75, 3.05) is 45.4 Å². The third-order valence-corrected chi connectivity index (χ3v) is 4.32. The minimum atomic E-state index is 0.0689. The molecule has 128 valence electrons. The van der Waals surface area contributed by atoms with Gasteiger partial charge in [0.15, 0.2) is 0 Å². The van der Waals surface area contributed by atoms with E-state index >= 15 is 0 Å². The molecule has 0 aromatic heterocycles. The highest BCUT2D eigenvalue weighted by atomic mass is 16.5. The maximum atomic E-state index is 12.6. The van der Waals surface area contributed by atoms with Gasteiger partial charge in [-0.15, -0.1) is 0 Å². The van der Waals surface area contributed by atoms with Gasteiger partial charge in [0.1, 0.15) is 6.61 Å². The Morgan fingerprint density at radius 2 is 2.09 bits per heavy atom. The van der Waals surface area contributed by atoms with Crippen molar-refractivity contribution >= 4 is 11.6 Å². The smallest absolute Gasteiger partial charge is 0.249 e. The second-order valence-electron chi connectivity index (χ2n) is 5.99. The van der Waals surface area contributed by atoms with Crippen LogP contribution in [0.1, 0.15) is 25.3 Å². The lowest BCUT2D eigenvalue weighted by Gasteiger charge is -2.30. The van der Waals surface area contributed by atoms with E-state index in [4.69, 9.17) is 9.47 Å². The number of ether oxygens (including phenoxy) is 2. The van der Waals surface area contributed by atoms with Crippen LogP contribution in [-0.2, 0) is 20.8 Å². The number of likely N-dealkylation sites (N-methyl/N-ethyl adjacent to an activating group) is 1. The molecule has 1 aliphatic heterocycles. The van der Waals surface area contributed by atoms with Crippen molar-refractivity contribution in [3.8, 4) is 0 Å². The molecule has 0 saturated carbocycles. The van der Waals surface area contributed by atoms with Crippen molar-refractivity contribution in [2.45, 2.75) is 32.4 Å². The highest BCUT2D eigenvalue weighted by molar-refractivity contribution is 5.78. The number of carbonyl (C=O) groups is 1. The molecule has 0 radical (unpaired) electrons. The molecule has 1 aliphatic rings. The van der Waals surface area contributed by atoms with Gasteiger partial charge in [0.25, 0.3) is 0 Å². The quantitative estimate of drug-likeness (QED) is 0.723. The Kier molecular flexibility index (Phi) is 6.86. The fourth-order valence-electron chi connectivity index (χ4n) is 3.03. The van der Waals surface area contributed by atoms with Gasteiger partial charge in [-0.3, -0.25) is 4.79 Å². The number of hydrogen-bond donors (Lipinski definition) is 0. The number of para-hydroxylation sites is 1. The second-order valence-corrected chi connectivity index (χ2v) is 5.99. The van der Waals surface area contributed by atoms with Crippen molar-refractivity contribution in [2.24, 2.45) is 0 Å². The van der Waals surface area contributed by atoms with E-state index in [0.29, 0.717) is 19.8 Å². The van der Waals surface area contributed by atoms with Gasteiger partial charge in [-0.2, -0.15) is 0 Å². The van der Waals surface area contributed by atoms with E-state index in [0.717, 1.165) is 19.4 Å². The van der Waals surface area contributed by atoms with Gasteiger partial charge in [-0.25, -0.2) is 0 Å². The minimum Gasteiger partial charge on any atom is -0.385 e.